The van der Waals surface area contributed by atoms with Gasteiger partial charge in [-0.2, -0.15) is 0 Å². The van der Waals surface area contributed by atoms with E-state index in [2.05, 4.69) is 0 Å². The first-order valence-electron chi connectivity index (χ1n) is 5.36. The van der Waals surface area contributed by atoms with E-state index in [-0.39, 0.29) is 12.0 Å². The Hall–Kier alpha value is -0.280. The molecule has 1 saturated heterocycles. The zero-order valence-corrected chi connectivity index (χ0v) is 10.3. The van der Waals surface area contributed by atoms with Gasteiger partial charge < -0.3 is 9.84 Å². The number of rotatable bonds is 3. The fraction of sp³-hybridized carbons (Fsp3) is 0.500. The molecule has 1 aliphatic rings. The normalized spacial score (nSPS) is 22.3. The fourth-order valence-electron chi connectivity index (χ4n) is 1.93. The van der Waals surface area contributed by atoms with Crippen LogP contribution in [0.1, 0.15) is 12.0 Å². The van der Waals surface area contributed by atoms with Crippen LogP contribution in [0.4, 0.5) is 0 Å². The average Bonchev–Trinajstić information content (AvgIpc) is 2.77. The van der Waals surface area contributed by atoms with Gasteiger partial charge in [-0.25, -0.2) is 0 Å². The van der Waals surface area contributed by atoms with E-state index in [1.54, 1.807) is 6.07 Å². The predicted molar refractivity (Wildman–Crippen MR) is 65.1 cm³/mol. The van der Waals surface area contributed by atoms with Crippen molar-refractivity contribution in [2.75, 3.05) is 13.2 Å². The van der Waals surface area contributed by atoms with E-state index in [1.165, 1.54) is 0 Å². The van der Waals surface area contributed by atoms with Crippen LogP contribution in [0.5, 0.6) is 0 Å². The molecule has 0 radical (unpaired) electrons. The molecule has 4 heteroatoms. The molecule has 2 nitrogen and oxygen atoms in total. The van der Waals surface area contributed by atoms with Crippen LogP contribution in [0, 0.1) is 5.92 Å². The number of aliphatic hydroxyl groups is 1. The van der Waals surface area contributed by atoms with E-state index in [4.69, 9.17) is 27.9 Å². The van der Waals surface area contributed by atoms with Crippen molar-refractivity contribution in [1.82, 2.24) is 0 Å². The highest BCUT2D eigenvalue weighted by atomic mass is 35.5. The zero-order valence-electron chi connectivity index (χ0n) is 8.83. The topological polar surface area (TPSA) is 29.5 Å². The van der Waals surface area contributed by atoms with Crippen LogP contribution in [0.3, 0.4) is 0 Å². The molecule has 0 aliphatic carbocycles. The van der Waals surface area contributed by atoms with E-state index < -0.39 is 0 Å². The second kappa shape index (κ2) is 5.37. The van der Waals surface area contributed by atoms with Gasteiger partial charge in [0, 0.05) is 12.5 Å². The van der Waals surface area contributed by atoms with E-state index in [0.29, 0.717) is 23.1 Å². The van der Waals surface area contributed by atoms with Crippen LogP contribution in [-0.2, 0) is 11.2 Å². The van der Waals surface area contributed by atoms with E-state index in [1.807, 2.05) is 12.1 Å². The molecule has 0 saturated carbocycles. The molecule has 0 amide bonds. The number of ether oxygens (including phenoxy) is 1. The van der Waals surface area contributed by atoms with Gasteiger partial charge in [-0.3, -0.25) is 0 Å². The molecule has 2 unspecified atom stereocenters. The lowest BCUT2D eigenvalue weighted by atomic mass is 9.96. The van der Waals surface area contributed by atoms with Crippen LogP contribution >= 0.6 is 23.2 Å². The highest BCUT2D eigenvalue weighted by molar-refractivity contribution is 6.42. The minimum atomic E-state index is -0.361. The van der Waals surface area contributed by atoms with Crippen LogP contribution in [0.25, 0.3) is 0 Å². The minimum Gasteiger partial charge on any atom is -0.392 e. The van der Waals surface area contributed by atoms with Gasteiger partial charge in [0.15, 0.2) is 0 Å². The monoisotopic (exact) mass is 260 g/mol. The summed E-state index contributed by atoms with van der Waals surface area (Å²) < 4.78 is 5.25. The summed E-state index contributed by atoms with van der Waals surface area (Å²) in [6.07, 6.45) is 1.17. The molecule has 16 heavy (non-hydrogen) atoms. The molecule has 1 fully saturated rings. The van der Waals surface area contributed by atoms with Crippen molar-refractivity contribution in [2.24, 2.45) is 5.92 Å². The minimum absolute atomic E-state index is 0.245. The lowest BCUT2D eigenvalue weighted by molar-refractivity contribution is 0.0919. The van der Waals surface area contributed by atoms with Crippen molar-refractivity contribution < 1.29 is 9.84 Å². The van der Waals surface area contributed by atoms with Gasteiger partial charge in [-0.15, -0.1) is 0 Å². The van der Waals surface area contributed by atoms with Crippen LogP contribution < -0.4 is 0 Å². The van der Waals surface area contributed by atoms with Crippen LogP contribution in [0.2, 0.25) is 10.0 Å². The third-order valence-corrected chi connectivity index (χ3v) is 3.68. The van der Waals surface area contributed by atoms with Gasteiger partial charge in [0.05, 0.1) is 22.8 Å². The highest BCUT2D eigenvalue weighted by Gasteiger charge is 2.24. The van der Waals surface area contributed by atoms with Crippen molar-refractivity contribution in [3.05, 3.63) is 33.8 Å². The van der Waals surface area contributed by atoms with E-state index in [9.17, 15) is 5.11 Å². The quantitative estimate of drug-likeness (QED) is 0.906. The average molecular weight is 261 g/mol. The summed E-state index contributed by atoms with van der Waals surface area (Å²) in [5, 5.41) is 11.1. The second-order valence-electron chi connectivity index (χ2n) is 4.14. The summed E-state index contributed by atoms with van der Waals surface area (Å²) in [5.74, 6) is 0.245. The summed E-state index contributed by atoms with van der Waals surface area (Å²) >= 11 is 11.7. The molecular weight excluding hydrogens is 247 g/mol. The Morgan fingerprint density at radius 1 is 1.38 bits per heavy atom. The molecule has 1 N–H and O–H groups in total. The molecule has 0 spiro atoms. The largest absolute Gasteiger partial charge is 0.392 e. The van der Waals surface area contributed by atoms with E-state index >= 15 is 0 Å². The van der Waals surface area contributed by atoms with Gasteiger partial charge in [-0.1, -0.05) is 29.3 Å². The van der Waals surface area contributed by atoms with Crippen molar-refractivity contribution in [3.8, 4) is 0 Å². The maximum absolute atomic E-state index is 10.0. The van der Waals surface area contributed by atoms with Gasteiger partial charge in [0.25, 0.3) is 0 Å². The Morgan fingerprint density at radius 3 is 2.81 bits per heavy atom. The van der Waals surface area contributed by atoms with Gasteiger partial charge in [-0.05, 0) is 30.5 Å². The molecule has 1 aromatic rings. The lowest BCUT2D eigenvalue weighted by Gasteiger charge is -2.16. The zero-order chi connectivity index (χ0) is 11.5. The Kier molecular flexibility index (Phi) is 4.09. The molecular formula is C12H14Cl2O2. The molecule has 1 aromatic carbocycles. The van der Waals surface area contributed by atoms with Crippen LogP contribution in [0.15, 0.2) is 18.2 Å². The number of hydrogen-bond donors (Lipinski definition) is 1. The summed E-state index contributed by atoms with van der Waals surface area (Å²) in [4.78, 5) is 0. The van der Waals surface area contributed by atoms with Crippen molar-refractivity contribution in [1.29, 1.82) is 0 Å². The van der Waals surface area contributed by atoms with Crippen molar-refractivity contribution >= 4 is 23.2 Å². The van der Waals surface area contributed by atoms with Gasteiger partial charge in [0.2, 0.25) is 0 Å². The maximum atomic E-state index is 10.0. The first-order chi connectivity index (χ1) is 7.66. The molecule has 2 rings (SSSR count). The predicted octanol–water partition coefficient (Wildman–Crippen LogP) is 2.93. The Bertz CT molecular complexity index is 362. The highest BCUT2D eigenvalue weighted by Crippen LogP contribution is 2.25. The Balaban J connectivity index is 1.99. The number of benzene rings is 1. The summed E-state index contributed by atoms with van der Waals surface area (Å²) in [5.41, 5.74) is 1.01. The van der Waals surface area contributed by atoms with E-state index in [0.717, 1.165) is 18.6 Å². The summed E-state index contributed by atoms with van der Waals surface area (Å²) in [6.45, 7) is 1.41. The lowest BCUT2D eigenvalue weighted by Crippen LogP contribution is -2.22. The number of halogens is 2. The molecule has 0 aromatic heterocycles. The molecule has 88 valence electrons. The fourth-order valence-corrected chi connectivity index (χ4v) is 2.25. The smallest absolute Gasteiger partial charge is 0.0631 e. The van der Waals surface area contributed by atoms with Crippen molar-refractivity contribution in [2.45, 2.75) is 18.9 Å². The Morgan fingerprint density at radius 2 is 2.19 bits per heavy atom. The Labute approximate surface area is 105 Å². The molecule has 0 bridgehead atoms. The van der Waals surface area contributed by atoms with Gasteiger partial charge in [0.1, 0.15) is 0 Å². The van der Waals surface area contributed by atoms with Crippen molar-refractivity contribution in [3.63, 3.8) is 0 Å². The molecule has 1 heterocycles. The first kappa shape index (κ1) is 12.2. The summed E-state index contributed by atoms with van der Waals surface area (Å²) in [6, 6.07) is 5.47. The SMILES string of the molecule is OC(Cc1ccc(Cl)c(Cl)c1)C1CCOC1. The number of aliphatic hydroxyl groups excluding tert-OH is 1. The molecule has 1 aliphatic heterocycles. The van der Waals surface area contributed by atoms with Gasteiger partial charge >= 0.3 is 0 Å². The van der Waals surface area contributed by atoms with Crippen LogP contribution in [-0.4, -0.2) is 24.4 Å². The second-order valence-corrected chi connectivity index (χ2v) is 4.96. The maximum Gasteiger partial charge on any atom is 0.0631 e. The molecule has 2 atom stereocenters. The first-order valence-corrected chi connectivity index (χ1v) is 6.12. The standard InChI is InChI=1S/C12H14Cl2O2/c13-10-2-1-8(5-11(10)14)6-12(15)9-3-4-16-7-9/h1-2,5,9,12,15H,3-4,6-7H2. The third kappa shape index (κ3) is 2.89. The summed E-state index contributed by atoms with van der Waals surface area (Å²) in [7, 11) is 0. The third-order valence-electron chi connectivity index (χ3n) is 2.94. The number of hydrogen-bond acceptors (Lipinski definition) is 2.